The second-order valence-electron chi connectivity index (χ2n) is 5.52. The average molecular weight is 341 g/mol. The third-order valence-corrected chi connectivity index (χ3v) is 4.61. The molecule has 1 atom stereocenters. The first-order chi connectivity index (χ1) is 11.5. The van der Waals surface area contributed by atoms with Crippen LogP contribution in [0.4, 0.5) is 4.39 Å². The fourth-order valence-electron chi connectivity index (χ4n) is 2.83. The molecule has 1 aromatic heterocycles. The molecule has 0 amide bonds. The first kappa shape index (κ1) is 16.3. The zero-order valence-electron chi connectivity index (χ0n) is 13.1. The minimum Gasteiger partial charge on any atom is -0.340 e. The van der Waals surface area contributed by atoms with Crippen molar-refractivity contribution in [2.75, 3.05) is 0 Å². The molecular weight excluding hydrogens is 324 g/mol. The molecule has 2 aromatic carbocycles. The van der Waals surface area contributed by atoms with Crippen LogP contribution in [0.15, 0.2) is 52.7 Å². The topological polar surface area (TPSA) is 79.5 Å². The number of rotatable bonds is 3. The molecule has 1 unspecified atom stereocenters. The van der Waals surface area contributed by atoms with Gasteiger partial charge in [-0.05, 0) is 42.6 Å². The third-order valence-electron chi connectivity index (χ3n) is 4.07. The van der Waals surface area contributed by atoms with Crippen LogP contribution in [0.25, 0.3) is 10.9 Å². The maximum atomic E-state index is 14.1. The summed E-state index contributed by atoms with van der Waals surface area (Å²) in [6.45, 7) is 2.43. The molecular formula is C17H17FN5P. The Morgan fingerprint density at radius 1 is 1.29 bits per heavy atom. The third kappa shape index (κ3) is 2.81. The van der Waals surface area contributed by atoms with E-state index in [9.17, 15) is 4.39 Å². The summed E-state index contributed by atoms with van der Waals surface area (Å²) in [5.74, 6) is 5.21. The van der Waals surface area contributed by atoms with Gasteiger partial charge in [-0.2, -0.15) is 5.10 Å². The molecule has 1 heterocycles. The van der Waals surface area contributed by atoms with Gasteiger partial charge in [-0.25, -0.2) is 9.92 Å². The van der Waals surface area contributed by atoms with Gasteiger partial charge in [-0.15, -0.1) is 14.4 Å². The maximum Gasteiger partial charge on any atom is 0.199 e. The standard InChI is InChI=1S/C17H17FN5P/c1-10-7-12-8-11(17(21-19)22-20)5-6-15(12)23(10)9-13-14(18)3-2-4-16(13)24/h2-8,19H,9,20,24H2,1H3/b21-19?,22-17-. The molecule has 0 radical (unpaired) electrons. The van der Waals surface area contributed by atoms with Gasteiger partial charge in [0.15, 0.2) is 5.84 Å². The summed E-state index contributed by atoms with van der Waals surface area (Å²) in [5, 5.41) is 8.64. The lowest BCUT2D eigenvalue weighted by atomic mass is 10.1. The lowest BCUT2D eigenvalue weighted by Crippen LogP contribution is -2.11. The van der Waals surface area contributed by atoms with Crippen LogP contribution in [-0.2, 0) is 6.54 Å². The Hall–Kier alpha value is -2.59. The van der Waals surface area contributed by atoms with Crippen molar-refractivity contribution >= 4 is 31.3 Å². The molecule has 24 heavy (non-hydrogen) atoms. The molecule has 0 saturated carbocycles. The molecule has 0 fully saturated rings. The van der Waals surface area contributed by atoms with Crippen molar-refractivity contribution in [3.8, 4) is 0 Å². The van der Waals surface area contributed by atoms with Crippen molar-refractivity contribution in [3.63, 3.8) is 0 Å². The molecule has 0 saturated heterocycles. The Balaban J connectivity index is 2.10. The summed E-state index contributed by atoms with van der Waals surface area (Å²) in [5.41, 5.74) is 10.4. The van der Waals surface area contributed by atoms with Gasteiger partial charge in [0.1, 0.15) is 5.82 Å². The predicted molar refractivity (Wildman–Crippen MR) is 97.4 cm³/mol. The second-order valence-corrected chi connectivity index (χ2v) is 6.14. The van der Waals surface area contributed by atoms with Crippen molar-refractivity contribution in [2.24, 2.45) is 16.1 Å². The fourth-order valence-corrected chi connectivity index (χ4v) is 3.17. The zero-order chi connectivity index (χ0) is 17.3. The Bertz CT molecular complexity index is 941. The van der Waals surface area contributed by atoms with E-state index in [-0.39, 0.29) is 11.7 Å². The molecule has 7 heteroatoms. The lowest BCUT2D eigenvalue weighted by molar-refractivity contribution is 0.603. The molecule has 0 aliphatic carbocycles. The van der Waals surface area contributed by atoms with E-state index in [4.69, 9.17) is 11.4 Å². The van der Waals surface area contributed by atoms with E-state index in [0.29, 0.717) is 17.7 Å². The Morgan fingerprint density at radius 2 is 2.08 bits per heavy atom. The van der Waals surface area contributed by atoms with Crippen molar-refractivity contribution in [3.05, 3.63) is 65.1 Å². The van der Waals surface area contributed by atoms with E-state index in [0.717, 1.165) is 21.9 Å². The number of nitrogens with zero attached hydrogens (tertiary/aromatic N) is 3. The number of fused-ring (bicyclic) bond motifs is 1. The molecule has 0 aliphatic heterocycles. The summed E-state index contributed by atoms with van der Waals surface area (Å²) < 4.78 is 16.2. The average Bonchev–Trinajstić information content (AvgIpc) is 2.87. The number of amidine groups is 1. The van der Waals surface area contributed by atoms with E-state index in [2.05, 4.69) is 24.0 Å². The number of hydrazone groups is 1. The number of nitrogens with one attached hydrogen (secondary N) is 1. The predicted octanol–water partition coefficient (Wildman–Crippen LogP) is 3.29. The second kappa shape index (κ2) is 6.49. The highest BCUT2D eigenvalue weighted by Crippen LogP contribution is 2.23. The van der Waals surface area contributed by atoms with Gasteiger partial charge >= 0.3 is 0 Å². The molecule has 0 bridgehead atoms. The summed E-state index contributed by atoms with van der Waals surface area (Å²) in [7, 11) is 2.58. The Labute approximate surface area is 141 Å². The number of nitrogens with two attached hydrogens (primary N) is 1. The minimum absolute atomic E-state index is 0.170. The van der Waals surface area contributed by atoms with E-state index < -0.39 is 0 Å². The van der Waals surface area contributed by atoms with Gasteiger partial charge in [0.05, 0.1) is 6.54 Å². The molecule has 0 aliphatic rings. The van der Waals surface area contributed by atoms with Crippen molar-refractivity contribution in [2.45, 2.75) is 13.5 Å². The lowest BCUT2D eigenvalue weighted by Gasteiger charge is -2.12. The fraction of sp³-hybridized carbons (Fsp3) is 0.118. The number of benzene rings is 2. The van der Waals surface area contributed by atoms with Crippen LogP contribution in [0.3, 0.4) is 0 Å². The first-order valence-electron chi connectivity index (χ1n) is 7.33. The molecule has 3 aromatic rings. The van der Waals surface area contributed by atoms with Crippen LogP contribution in [0.5, 0.6) is 0 Å². The van der Waals surface area contributed by atoms with Crippen LogP contribution in [0.2, 0.25) is 0 Å². The highest BCUT2D eigenvalue weighted by Gasteiger charge is 2.12. The highest BCUT2D eigenvalue weighted by atomic mass is 31.0. The van der Waals surface area contributed by atoms with Crippen LogP contribution in [-0.4, -0.2) is 10.4 Å². The molecule has 0 spiro atoms. The quantitative estimate of drug-likeness (QED) is 0.188. The van der Waals surface area contributed by atoms with Gasteiger partial charge in [-0.3, -0.25) is 0 Å². The molecule has 3 N–H and O–H groups in total. The Morgan fingerprint density at radius 3 is 2.75 bits per heavy atom. The normalized spacial score (nSPS) is 11.9. The van der Waals surface area contributed by atoms with Crippen molar-refractivity contribution in [1.29, 1.82) is 5.53 Å². The zero-order valence-corrected chi connectivity index (χ0v) is 14.3. The van der Waals surface area contributed by atoms with E-state index in [1.807, 2.05) is 37.3 Å². The van der Waals surface area contributed by atoms with Gasteiger partial charge in [0.25, 0.3) is 0 Å². The molecule has 5 nitrogen and oxygen atoms in total. The largest absolute Gasteiger partial charge is 0.340 e. The van der Waals surface area contributed by atoms with Gasteiger partial charge in [0, 0.05) is 27.7 Å². The number of halogens is 1. The number of aromatic nitrogens is 1. The summed E-state index contributed by atoms with van der Waals surface area (Å²) >= 11 is 0. The smallest absolute Gasteiger partial charge is 0.199 e. The van der Waals surface area contributed by atoms with Crippen molar-refractivity contribution in [1.82, 2.24) is 4.57 Å². The van der Waals surface area contributed by atoms with Gasteiger partial charge < -0.3 is 10.4 Å². The molecule has 3 rings (SSSR count). The van der Waals surface area contributed by atoms with Gasteiger partial charge in [-0.1, -0.05) is 12.1 Å². The van der Waals surface area contributed by atoms with Crippen LogP contribution >= 0.6 is 9.24 Å². The van der Waals surface area contributed by atoms with E-state index in [1.165, 1.54) is 6.07 Å². The van der Waals surface area contributed by atoms with Crippen LogP contribution < -0.4 is 11.1 Å². The van der Waals surface area contributed by atoms with E-state index in [1.54, 1.807) is 6.07 Å². The van der Waals surface area contributed by atoms with Crippen LogP contribution in [0.1, 0.15) is 16.8 Å². The number of hydrogen-bond donors (Lipinski definition) is 2. The highest BCUT2D eigenvalue weighted by molar-refractivity contribution is 7.27. The van der Waals surface area contributed by atoms with E-state index >= 15 is 0 Å². The molecule has 122 valence electrons. The van der Waals surface area contributed by atoms with Gasteiger partial charge in [0.2, 0.25) is 0 Å². The monoisotopic (exact) mass is 341 g/mol. The maximum absolute atomic E-state index is 14.1. The van der Waals surface area contributed by atoms with Crippen molar-refractivity contribution < 1.29 is 4.39 Å². The summed E-state index contributed by atoms with van der Waals surface area (Å²) in [6, 6.07) is 12.7. The summed E-state index contributed by atoms with van der Waals surface area (Å²) in [4.78, 5) is 0. The number of aryl methyl sites for hydroxylation is 1. The van der Waals surface area contributed by atoms with Crippen LogP contribution in [0, 0.1) is 18.3 Å². The Kier molecular flexibility index (Phi) is 4.40. The summed E-state index contributed by atoms with van der Waals surface area (Å²) in [6.07, 6.45) is 0. The minimum atomic E-state index is -0.217. The number of hydrogen-bond acceptors (Lipinski definition) is 3. The SMILES string of the molecule is Cc1cc2cc(/C(N=N)=N/N)ccc2n1Cc1c(F)cccc1P. The first-order valence-corrected chi connectivity index (χ1v) is 7.91.